The Kier molecular flexibility index (Phi) is 4.57. The third kappa shape index (κ3) is 3.47. The van der Waals surface area contributed by atoms with Crippen LogP contribution in [0, 0.1) is 0 Å². The van der Waals surface area contributed by atoms with E-state index in [9.17, 15) is 14.7 Å². The van der Waals surface area contributed by atoms with Gasteiger partial charge in [-0.05, 0) is 6.42 Å². The largest absolute Gasteiger partial charge is 0.480 e. The third-order valence-corrected chi connectivity index (χ3v) is 3.25. The fourth-order valence-electron chi connectivity index (χ4n) is 2.25. The molecule has 0 aliphatic carbocycles. The first kappa shape index (κ1) is 14.3. The van der Waals surface area contributed by atoms with Crippen LogP contribution in [0.3, 0.4) is 0 Å². The molecule has 0 saturated carbocycles. The zero-order valence-corrected chi connectivity index (χ0v) is 11.0. The number of hydrogen-bond acceptors (Lipinski definition) is 4. The maximum atomic E-state index is 11.9. The molecule has 1 fully saturated rings. The number of nitrogens with zero attached hydrogens (tertiary/aromatic N) is 3. The summed E-state index contributed by atoms with van der Waals surface area (Å²) in [5, 5.41) is 21.1. The molecular weight excluding hydrogens is 264 g/mol. The van der Waals surface area contributed by atoms with Crippen molar-refractivity contribution in [1.82, 2.24) is 19.8 Å². The molecule has 2 heterocycles. The summed E-state index contributed by atoms with van der Waals surface area (Å²) in [5.41, 5.74) is 0. The molecule has 1 aliphatic heterocycles. The lowest BCUT2D eigenvalue weighted by molar-refractivity contribution is -0.141. The predicted molar refractivity (Wildman–Crippen MR) is 69.0 cm³/mol. The van der Waals surface area contributed by atoms with E-state index in [-0.39, 0.29) is 13.0 Å². The number of aromatic nitrogens is 2. The molecule has 3 N–H and O–H groups in total. The Morgan fingerprint density at radius 1 is 1.45 bits per heavy atom. The van der Waals surface area contributed by atoms with Gasteiger partial charge in [0.2, 0.25) is 0 Å². The fourth-order valence-corrected chi connectivity index (χ4v) is 2.25. The molecule has 8 heteroatoms. The van der Waals surface area contributed by atoms with Gasteiger partial charge >= 0.3 is 12.0 Å². The lowest BCUT2D eigenvalue weighted by Crippen LogP contribution is -2.46. The van der Waals surface area contributed by atoms with Crippen molar-refractivity contribution in [2.24, 2.45) is 0 Å². The fraction of sp³-hybridized carbons (Fsp3) is 0.583. The van der Waals surface area contributed by atoms with Crippen LogP contribution >= 0.6 is 0 Å². The molecule has 0 unspecified atom stereocenters. The van der Waals surface area contributed by atoms with Crippen molar-refractivity contribution < 1.29 is 19.8 Å². The van der Waals surface area contributed by atoms with E-state index in [0.29, 0.717) is 6.54 Å². The number of rotatable bonds is 5. The van der Waals surface area contributed by atoms with Gasteiger partial charge in [-0.3, -0.25) is 0 Å². The molecule has 2 rings (SSSR count). The monoisotopic (exact) mass is 282 g/mol. The minimum atomic E-state index is -1.09. The molecule has 0 radical (unpaired) electrons. The van der Waals surface area contributed by atoms with Crippen LogP contribution in [-0.4, -0.2) is 61.9 Å². The Morgan fingerprint density at radius 3 is 2.90 bits per heavy atom. The van der Waals surface area contributed by atoms with Gasteiger partial charge < -0.3 is 25.0 Å². The number of carbonyl (C=O) groups is 2. The summed E-state index contributed by atoms with van der Waals surface area (Å²) in [6.07, 6.45) is 5.24. The van der Waals surface area contributed by atoms with Crippen molar-refractivity contribution >= 4 is 12.0 Å². The van der Waals surface area contributed by atoms with Gasteiger partial charge in [-0.25, -0.2) is 14.6 Å². The molecule has 2 amide bonds. The number of carboxylic acids is 1. The summed E-state index contributed by atoms with van der Waals surface area (Å²) in [6, 6.07) is -1.39. The lowest BCUT2D eigenvalue weighted by Gasteiger charge is -2.21. The van der Waals surface area contributed by atoms with Gasteiger partial charge in [0.1, 0.15) is 6.04 Å². The summed E-state index contributed by atoms with van der Waals surface area (Å²) in [4.78, 5) is 28.0. The predicted octanol–water partition coefficient (Wildman–Crippen LogP) is -0.497. The Morgan fingerprint density at radius 2 is 2.25 bits per heavy atom. The number of hydrogen-bond donors (Lipinski definition) is 3. The first-order valence-corrected chi connectivity index (χ1v) is 6.49. The van der Waals surface area contributed by atoms with Gasteiger partial charge in [-0.15, -0.1) is 0 Å². The van der Waals surface area contributed by atoms with Crippen LogP contribution in [0.2, 0.25) is 0 Å². The number of aryl methyl sites for hydroxylation is 1. The summed E-state index contributed by atoms with van der Waals surface area (Å²) in [7, 11) is 0. The Balaban J connectivity index is 1.75. The van der Waals surface area contributed by atoms with Crippen molar-refractivity contribution in [2.45, 2.75) is 31.5 Å². The average Bonchev–Trinajstić information content (AvgIpc) is 3.03. The van der Waals surface area contributed by atoms with Gasteiger partial charge in [0.15, 0.2) is 0 Å². The number of nitrogens with one attached hydrogen (secondary N) is 1. The minimum Gasteiger partial charge on any atom is -0.480 e. The van der Waals surface area contributed by atoms with Crippen molar-refractivity contribution in [1.29, 1.82) is 0 Å². The molecule has 110 valence electrons. The molecular formula is C12H18N4O4. The Bertz CT molecular complexity index is 462. The molecule has 0 aromatic carbocycles. The highest BCUT2D eigenvalue weighted by molar-refractivity contribution is 5.83. The normalized spacial score (nSPS) is 21.9. The van der Waals surface area contributed by atoms with Crippen LogP contribution in [0.25, 0.3) is 0 Å². The van der Waals surface area contributed by atoms with Crippen LogP contribution in [0.15, 0.2) is 18.7 Å². The molecule has 1 aliphatic rings. The summed E-state index contributed by atoms with van der Waals surface area (Å²) >= 11 is 0. The second kappa shape index (κ2) is 6.38. The van der Waals surface area contributed by atoms with Gasteiger partial charge in [0.05, 0.1) is 12.4 Å². The zero-order chi connectivity index (χ0) is 14.5. The van der Waals surface area contributed by atoms with E-state index in [1.165, 1.54) is 4.90 Å². The van der Waals surface area contributed by atoms with Crippen molar-refractivity contribution in [3.63, 3.8) is 0 Å². The maximum Gasteiger partial charge on any atom is 0.326 e. The summed E-state index contributed by atoms with van der Waals surface area (Å²) < 4.78 is 1.89. The van der Waals surface area contributed by atoms with Gasteiger partial charge in [-0.1, -0.05) is 0 Å². The highest BCUT2D eigenvalue weighted by Gasteiger charge is 2.38. The van der Waals surface area contributed by atoms with E-state index in [4.69, 9.17) is 5.11 Å². The number of amides is 2. The third-order valence-electron chi connectivity index (χ3n) is 3.25. The van der Waals surface area contributed by atoms with E-state index in [1.807, 2.05) is 10.8 Å². The van der Waals surface area contributed by atoms with Crippen LogP contribution in [-0.2, 0) is 11.3 Å². The van der Waals surface area contributed by atoms with Crippen LogP contribution < -0.4 is 5.32 Å². The first-order chi connectivity index (χ1) is 9.58. The van der Waals surface area contributed by atoms with E-state index < -0.39 is 24.1 Å². The van der Waals surface area contributed by atoms with Gasteiger partial charge in [0, 0.05) is 38.4 Å². The van der Waals surface area contributed by atoms with E-state index in [2.05, 4.69) is 10.3 Å². The number of carboxylic acid groups (broad SMARTS) is 1. The Labute approximate surface area is 116 Å². The number of aliphatic hydroxyl groups is 1. The van der Waals surface area contributed by atoms with Gasteiger partial charge in [0.25, 0.3) is 0 Å². The lowest BCUT2D eigenvalue weighted by atomic mass is 10.2. The molecule has 20 heavy (non-hydrogen) atoms. The second-order valence-electron chi connectivity index (χ2n) is 4.78. The molecule has 1 saturated heterocycles. The zero-order valence-electron chi connectivity index (χ0n) is 11.0. The number of β-amino-alcohol motifs (C(OH)–C–C–N with tert-alkyl or cyclic N) is 1. The number of carbonyl (C=O) groups excluding carboxylic acids is 1. The van der Waals surface area contributed by atoms with Crippen molar-refractivity contribution in [3.05, 3.63) is 18.7 Å². The molecule has 8 nitrogen and oxygen atoms in total. The molecule has 2 atom stereocenters. The number of aliphatic carboxylic acids is 1. The van der Waals surface area contributed by atoms with E-state index in [0.717, 1.165) is 13.0 Å². The number of urea groups is 1. The number of likely N-dealkylation sites (tertiary alicyclic amines) is 1. The highest BCUT2D eigenvalue weighted by atomic mass is 16.4. The Hall–Kier alpha value is -2.09. The molecule has 1 aromatic rings. The first-order valence-electron chi connectivity index (χ1n) is 6.49. The molecule has 1 aromatic heterocycles. The van der Waals surface area contributed by atoms with Crippen LogP contribution in [0.1, 0.15) is 12.8 Å². The number of imidazole rings is 1. The number of aliphatic hydroxyl groups excluding tert-OH is 1. The van der Waals surface area contributed by atoms with Crippen molar-refractivity contribution in [2.75, 3.05) is 13.1 Å². The SMILES string of the molecule is O=C(O)[C@H]1C[C@@H](O)CN1C(=O)NCCCn1ccnc1. The minimum absolute atomic E-state index is 0.0598. The van der Waals surface area contributed by atoms with Crippen LogP contribution in [0.5, 0.6) is 0 Å². The van der Waals surface area contributed by atoms with Crippen LogP contribution in [0.4, 0.5) is 4.79 Å². The van der Waals surface area contributed by atoms with Gasteiger partial charge in [-0.2, -0.15) is 0 Å². The van der Waals surface area contributed by atoms with Crippen molar-refractivity contribution in [3.8, 4) is 0 Å². The van der Waals surface area contributed by atoms with E-state index >= 15 is 0 Å². The molecule has 0 bridgehead atoms. The smallest absolute Gasteiger partial charge is 0.326 e. The van der Waals surface area contributed by atoms with E-state index in [1.54, 1.807) is 12.5 Å². The molecule has 0 spiro atoms. The second-order valence-corrected chi connectivity index (χ2v) is 4.78. The average molecular weight is 282 g/mol. The summed E-state index contributed by atoms with van der Waals surface area (Å²) in [6.45, 7) is 1.23. The topological polar surface area (TPSA) is 108 Å². The maximum absolute atomic E-state index is 11.9. The highest BCUT2D eigenvalue weighted by Crippen LogP contribution is 2.17. The standard InChI is InChI=1S/C12H18N4O4/c17-9-6-10(11(18)19)16(7-9)12(20)14-2-1-4-15-5-3-13-8-15/h3,5,8-10,17H,1-2,4,6-7H2,(H,14,20)(H,18,19)/t9-,10-/m1/s1. The summed E-state index contributed by atoms with van der Waals surface area (Å²) in [5.74, 6) is -1.09. The quantitative estimate of drug-likeness (QED) is 0.631.